The van der Waals surface area contributed by atoms with Crippen molar-refractivity contribution in [2.45, 2.75) is 20.0 Å². The molecule has 2 aromatic rings. The minimum atomic E-state index is -0.683. The molecule has 0 aliphatic rings. The topological polar surface area (TPSA) is 53.2 Å². The molecule has 20 heavy (non-hydrogen) atoms. The first-order valence-corrected chi connectivity index (χ1v) is 6.55. The summed E-state index contributed by atoms with van der Waals surface area (Å²) in [7, 11) is 0. The maximum absolute atomic E-state index is 9.78. The van der Waals surface area contributed by atoms with Gasteiger partial charge in [-0.05, 0) is 43.7 Å². The summed E-state index contributed by atoms with van der Waals surface area (Å²) in [6.45, 7) is 3.56. The lowest BCUT2D eigenvalue weighted by molar-refractivity contribution is 0.195. The Morgan fingerprint density at radius 1 is 1.20 bits per heavy atom. The summed E-state index contributed by atoms with van der Waals surface area (Å²) in [5, 5.41) is 19.3. The molecular formula is C16H14ClNO2. The Balaban J connectivity index is 2.46. The van der Waals surface area contributed by atoms with E-state index >= 15 is 0 Å². The van der Waals surface area contributed by atoms with Crippen LogP contribution in [0.4, 0.5) is 0 Å². The fourth-order valence-corrected chi connectivity index (χ4v) is 2.00. The lowest BCUT2D eigenvalue weighted by Crippen LogP contribution is -1.97. The highest BCUT2D eigenvalue weighted by molar-refractivity contribution is 6.30. The molecule has 0 unspecified atom stereocenters. The van der Waals surface area contributed by atoms with Gasteiger partial charge in [0.15, 0.2) is 0 Å². The first-order valence-electron chi connectivity index (χ1n) is 6.17. The van der Waals surface area contributed by atoms with Crippen molar-refractivity contribution in [3.8, 4) is 17.6 Å². The molecule has 2 rings (SSSR count). The number of hydrogen-bond donors (Lipinski definition) is 1. The zero-order chi connectivity index (χ0) is 14.7. The Kier molecular flexibility index (Phi) is 4.29. The van der Waals surface area contributed by atoms with Crippen molar-refractivity contribution in [3.63, 3.8) is 0 Å². The predicted molar refractivity (Wildman–Crippen MR) is 78.1 cm³/mol. The number of aliphatic hydroxyl groups is 1. The van der Waals surface area contributed by atoms with Crippen LogP contribution in [0.2, 0.25) is 5.02 Å². The Labute approximate surface area is 123 Å². The van der Waals surface area contributed by atoms with E-state index in [1.54, 1.807) is 37.3 Å². The Morgan fingerprint density at radius 3 is 2.60 bits per heavy atom. The van der Waals surface area contributed by atoms with Gasteiger partial charge < -0.3 is 9.84 Å². The van der Waals surface area contributed by atoms with Crippen molar-refractivity contribution < 1.29 is 9.84 Å². The molecule has 4 heteroatoms. The SMILES string of the molecule is Cc1ccc(Cl)cc1Oc1cc(C#N)ccc1[C@H](C)O. The van der Waals surface area contributed by atoms with Gasteiger partial charge in [-0.15, -0.1) is 0 Å². The van der Waals surface area contributed by atoms with E-state index in [9.17, 15) is 5.11 Å². The van der Waals surface area contributed by atoms with Crippen LogP contribution in [0.3, 0.4) is 0 Å². The van der Waals surface area contributed by atoms with Crippen LogP contribution in [0.15, 0.2) is 36.4 Å². The number of ether oxygens (including phenoxy) is 1. The van der Waals surface area contributed by atoms with Crippen molar-refractivity contribution >= 4 is 11.6 Å². The maximum atomic E-state index is 9.78. The van der Waals surface area contributed by atoms with E-state index in [1.807, 2.05) is 13.0 Å². The zero-order valence-corrected chi connectivity index (χ0v) is 12.0. The van der Waals surface area contributed by atoms with Crippen LogP contribution in [0.5, 0.6) is 11.5 Å². The summed E-state index contributed by atoms with van der Waals surface area (Å²) in [5.74, 6) is 1.07. The number of benzene rings is 2. The summed E-state index contributed by atoms with van der Waals surface area (Å²) < 4.78 is 5.83. The van der Waals surface area contributed by atoms with Crippen LogP contribution in [0, 0.1) is 18.3 Å². The summed E-state index contributed by atoms with van der Waals surface area (Å²) in [4.78, 5) is 0. The van der Waals surface area contributed by atoms with Crippen LogP contribution in [0.1, 0.15) is 29.7 Å². The molecule has 0 spiro atoms. The van der Waals surface area contributed by atoms with Gasteiger partial charge in [-0.25, -0.2) is 0 Å². The van der Waals surface area contributed by atoms with Gasteiger partial charge in [0.05, 0.1) is 17.7 Å². The fraction of sp³-hybridized carbons (Fsp3) is 0.188. The van der Waals surface area contributed by atoms with Crippen LogP contribution in [-0.4, -0.2) is 5.11 Å². The minimum Gasteiger partial charge on any atom is -0.457 e. The molecule has 0 radical (unpaired) electrons. The molecule has 0 saturated carbocycles. The van der Waals surface area contributed by atoms with E-state index in [1.165, 1.54) is 0 Å². The molecule has 0 amide bonds. The second-order valence-corrected chi connectivity index (χ2v) is 4.99. The third-order valence-corrected chi connectivity index (χ3v) is 3.20. The largest absolute Gasteiger partial charge is 0.457 e. The summed E-state index contributed by atoms with van der Waals surface area (Å²) in [5.41, 5.74) is 2.03. The van der Waals surface area contributed by atoms with Crippen molar-refractivity contribution in [1.29, 1.82) is 5.26 Å². The van der Waals surface area contributed by atoms with E-state index in [2.05, 4.69) is 6.07 Å². The molecule has 0 aromatic heterocycles. The van der Waals surface area contributed by atoms with Gasteiger partial charge in [0, 0.05) is 10.6 Å². The minimum absolute atomic E-state index is 0.462. The van der Waals surface area contributed by atoms with E-state index in [0.717, 1.165) is 5.56 Å². The van der Waals surface area contributed by atoms with E-state index in [-0.39, 0.29) is 0 Å². The van der Waals surface area contributed by atoms with Gasteiger partial charge in [-0.1, -0.05) is 23.7 Å². The Morgan fingerprint density at radius 2 is 1.95 bits per heavy atom. The molecule has 0 bridgehead atoms. The maximum Gasteiger partial charge on any atom is 0.134 e. The average Bonchev–Trinajstić information content (AvgIpc) is 2.42. The molecule has 0 saturated heterocycles. The number of rotatable bonds is 3. The molecule has 0 fully saturated rings. The van der Waals surface area contributed by atoms with Crippen molar-refractivity contribution in [2.75, 3.05) is 0 Å². The first-order chi connectivity index (χ1) is 9.51. The van der Waals surface area contributed by atoms with Gasteiger partial charge >= 0.3 is 0 Å². The third kappa shape index (κ3) is 3.11. The number of aliphatic hydroxyl groups excluding tert-OH is 1. The van der Waals surface area contributed by atoms with Crippen molar-refractivity contribution in [1.82, 2.24) is 0 Å². The highest BCUT2D eigenvalue weighted by Crippen LogP contribution is 2.33. The summed E-state index contributed by atoms with van der Waals surface area (Å²) >= 11 is 5.96. The van der Waals surface area contributed by atoms with Gasteiger partial charge in [0.25, 0.3) is 0 Å². The van der Waals surface area contributed by atoms with Crippen LogP contribution < -0.4 is 4.74 Å². The lowest BCUT2D eigenvalue weighted by Gasteiger charge is -2.15. The number of hydrogen-bond acceptors (Lipinski definition) is 3. The summed E-state index contributed by atoms with van der Waals surface area (Å²) in [6, 6.07) is 12.4. The molecule has 3 nitrogen and oxygen atoms in total. The van der Waals surface area contributed by atoms with E-state index in [0.29, 0.717) is 27.6 Å². The van der Waals surface area contributed by atoms with Gasteiger partial charge in [0.2, 0.25) is 0 Å². The zero-order valence-electron chi connectivity index (χ0n) is 11.2. The molecule has 2 aromatic carbocycles. The van der Waals surface area contributed by atoms with Crippen molar-refractivity contribution in [3.05, 3.63) is 58.1 Å². The van der Waals surface area contributed by atoms with Gasteiger partial charge in [-0.2, -0.15) is 5.26 Å². The molecular weight excluding hydrogens is 274 g/mol. The summed E-state index contributed by atoms with van der Waals surface area (Å²) in [6.07, 6.45) is -0.683. The molecule has 0 aliphatic heterocycles. The quantitative estimate of drug-likeness (QED) is 0.912. The smallest absolute Gasteiger partial charge is 0.134 e. The van der Waals surface area contributed by atoms with Crippen molar-refractivity contribution in [2.24, 2.45) is 0 Å². The lowest BCUT2D eigenvalue weighted by atomic mass is 10.1. The first kappa shape index (κ1) is 14.4. The second kappa shape index (κ2) is 5.96. The normalized spacial score (nSPS) is 11.8. The highest BCUT2D eigenvalue weighted by atomic mass is 35.5. The molecule has 1 N–H and O–H groups in total. The fourth-order valence-electron chi connectivity index (χ4n) is 1.84. The Hall–Kier alpha value is -2.02. The second-order valence-electron chi connectivity index (χ2n) is 4.55. The number of nitriles is 1. The van der Waals surface area contributed by atoms with Crippen LogP contribution in [-0.2, 0) is 0 Å². The van der Waals surface area contributed by atoms with Crippen LogP contribution in [0.25, 0.3) is 0 Å². The Bertz CT molecular complexity index is 675. The van der Waals surface area contributed by atoms with Crippen LogP contribution >= 0.6 is 11.6 Å². The molecule has 0 aliphatic carbocycles. The molecule has 102 valence electrons. The van der Waals surface area contributed by atoms with E-state index < -0.39 is 6.10 Å². The molecule has 1 atom stereocenters. The van der Waals surface area contributed by atoms with E-state index in [4.69, 9.17) is 21.6 Å². The average molecular weight is 288 g/mol. The highest BCUT2D eigenvalue weighted by Gasteiger charge is 2.12. The third-order valence-electron chi connectivity index (χ3n) is 2.96. The molecule has 0 heterocycles. The van der Waals surface area contributed by atoms with Gasteiger partial charge in [-0.3, -0.25) is 0 Å². The monoisotopic (exact) mass is 287 g/mol. The number of halogens is 1. The number of nitrogens with zero attached hydrogens (tertiary/aromatic N) is 1. The standard InChI is InChI=1S/C16H14ClNO2/c1-10-3-5-13(17)8-15(10)20-16-7-12(9-18)4-6-14(16)11(2)19/h3-8,11,19H,1-2H3/t11-/m0/s1. The number of aryl methyl sites for hydroxylation is 1. The predicted octanol–water partition coefficient (Wildman–Crippen LogP) is 4.37. The van der Waals surface area contributed by atoms with Gasteiger partial charge in [0.1, 0.15) is 11.5 Å².